The van der Waals surface area contributed by atoms with Crippen molar-refractivity contribution in [2.75, 3.05) is 19.8 Å². The van der Waals surface area contributed by atoms with E-state index in [2.05, 4.69) is 21.2 Å². The van der Waals surface area contributed by atoms with Crippen molar-refractivity contribution in [3.05, 3.63) is 35.4 Å². The molecule has 0 aliphatic carbocycles. The molecule has 1 fully saturated rings. The van der Waals surface area contributed by atoms with Crippen molar-refractivity contribution >= 4 is 21.8 Å². The van der Waals surface area contributed by atoms with Crippen LogP contribution in [0.1, 0.15) is 22.3 Å². The lowest BCUT2D eigenvalue weighted by atomic mass is 10.1. The SMILES string of the molecule is O=C(NCC1CCOC1)c1ccc(CBr)cc1. The number of ether oxygens (including phenoxy) is 1. The number of nitrogens with one attached hydrogen (secondary N) is 1. The van der Waals surface area contributed by atoms with E-state index in [1.54, 1.807) is 0 Å². The lowest BCUT2D eigenvalue weighted by Gasteiger charge is -2.09. The first-order chi connectivity index (χ1) is 8.29. The van der Waals surface area contributed by atoms with Crippen LogP contribution in [0.4, 0.5) is 0 Å². The van der Waals surface area contributed by atoms with Gasteiger partial charge in [-0.1, -0.05) is 28.1 Å². The summed E-state index contributed by atoms with van der Waals surface area (Å²) in [5.41, 5.74) is 1.89. The van der Waals surface area contributed by atoms with Crippen LogP contribution in [-0.2, 0) is 10.1 Å². The Hall–Kier alpha value is -0.870. The summed E-state index contributed by atoms with van der Waals surface area (Å²) in [4.78, 5) is 11.8. The zero-order valence-corrected chi connectivity index (χ0v) is 11.2. The van der Waals surface area contributed by atoms with Crippen molar-refractivity contribution in [2.24, 2.45) is 5.92 Å². The van der Waals surface area contributed by atoms with Gasteiger partial charge in [0.05, 0.1) is 6.61 Å². The molecule has 4 heteroatoms. The van der Waals surface area contributed by atoms with Gasteiger partial charge in [-0.25, -0.2) is 0 Å². The molecule has 1 unspecified atom stereocenters. The molecule has 92 valence electrons. The van der Waals surface area contributed by atoms with Crippen molar-refractivity contribution in [2.45, 2.75) is 11.8 Å². The molecular formula is C13H16BrNO2. The van der Waals surface area contributed by atoms with E-state index in [0.29, 0.717) is 18.0 Å². The second-order valence-electron chi connectivity index (χ2n) is 4.27. The van der Waals surface area contributed by atoms with Gasteiger partial charge in [-0.05, 0) is 24.1 Å². The van der Waals surface area contributed by atoms with E-state index in [9.17, 15) is 4.79 Å². The van der Waals surface area contributed by atoms with Crippen LogP contribution in [0, 0.1) is 5.92 Å². The Morgan fingerprint density at radius 1 is 1.41 bits per heavy atom. The minimum absolute atomic E-state index is 0.00183. The topological polar surface area (TPSA) is 38.3 Å². The van der Waals surface area contributed by atoms with Gasteiger partial charge in [0, 0.05) is 30.0 Å². The average molecular weight is 298 g/mol. The number of rotatable bonds is 4. The van der Waals surface area contributed by atoms with E-state index in [4.69, 9.17) is 4.74 Å². The lowest BCUT2D eigenvalue weighted by Crippen LogP contribution is -2.29. The second-order valence-corrected chi connectivity index (χ2v) is 4.83. The summed E-state index contributed by atoms with van der Waals surface area (Å²) in [5, 5.41) is 3.76. The number of alkyl halides is 1. The monoisotopic (exact) mass is 297 g/mol. The van der Waals surface area contributed by atoms with Crippen molar-refractivity contribution in [3.63, 3.8) is 0 Å². The minimum atomic E-state index is -0.00183. The largest absolute Gasteiger partial charge is 0.381 e. The highest BCUT2D eigenvalue weighted by Crippen LogP contribution is 2.11. The molecule has 1 aliphatic heterocycles. The van der Waals surface area contributed by atoms with Crippen molar-refractivity contribution in [1.29, 1.82) is 0 Å². The zero-order chi connectivity index (χ0) is 12.1. The number of halogens is 1. The highest BCUT2D eigenvalue weighted by atomic mass is 79.9. The van der Waals surface area contributed by atoms with Gasteiger partial charge in [0.1, 0.15) is 0 Å². The molecule has 0 spiro atoms. The van der Waals surface area contributed by atoms with Gasteiger partial charge in [-0.2, -0.15) is 0 Å². The fraction of sp³-hybridized carbons (Fsp3) is 0.462. The Bertz CT molecular complexity index is 372. The van der Waals surface area contributed by atoms with Gasteiger partial charge >= 0.3 is 0 Å². The van der Waals surface area contributed by atoms with E-state index in [0.717, 1.165) is 25.0 Å². The summed E-state index contributed by atoms with van der Waals surface area (Å²) in [6.07, 6.45) is 1.04. The van der Waals surface area contributed by atoms with Crippen LogP contribution in [0.3, 0.4) is 0 Å². The van der Waals surface area contributed by atoms with E-state index in [-0.39, 0.29) is 5.91 Å². The van der Waals surface area contributed by atoms with Crippen LogP contribution in [-0.4, -0.2) is 25.7 Å². The van der Waals surface area contributed by atoms with Gasteiger partial charge in [0.25, 0.3) is 5.91 Å². The number of benzene rings is 1. The van der Waals surface area contributed by atoms with Crippen molar-refractivity contribution in [3.8, 4) is 0 Å². The standard InChI is InChI=1S/C13H16BrNO2/c14-7-10-1-3-12(4-2-10)13(16)15-8-11-5-6-17-9-11/h1-4,11H,5-9H2,(H,15,16). The highest BCUT2D eigenvalue weighted by molar-refractivity contribution is 9.08. The Morgan fingerprint density at radius 2 is 2.18 bits per heavy atom. The highest BCUT2D eigenvalue weighted by Gasteiger charge is 2.16. The molecule has 1 heterocycles. The Labute approximate surface area is 110 Å². The number of hydrogen-bond acceptors (Lipinski definition) is 2. The van der Waals surface area contributed by atoms with E-state index in [1.807, 2.05) is 24.3 Å². The maximum atomic E-state index is 11.8. The van der Waals surface area contributed by atoms with Crippen molar-refractivity contribution in [1.82, 2.24) is 5.32 Å². The third-order valence-corrected chi connectivity index (χ3v) is 3.59. The number of carbonyl (C=O) groups is 1. The lowest BCUT2D eigenvalue weighted by molar-refractivity contribution is 0.0945. The fourth-order valence-electron chi connectivity index (χ4n) is 1.83. The molecule has 0 radical (unpaired) electrons. The first kappa shape index (κ1) is 12.6. The van der Waals surface area contributed by atoms with Crippen LogP contribution in [0.25, 0.3) is 0 Å². The normalized spacial score (nSPS) is 19.2. The molecular weight excluding hydrogens is 282 g/mol. The van der Waals surface area contributed by atoms with E-state index in [1.165, 1.54) is 5.56 Å². The molecule has 2 rings (SSSR count). The molecule has 1 saturated heterocycles. The molecule has 1 atom stereocenters. The third kappa shape index (κ3) is 3.54. The Kier molecular flexibility index (Phi) is 4.57. The Morgan fingerprint density at radius 3 is 2.76 bits per heavy atom. The van der Waals surface area contributed by atoms with Crippen LogP contribution in [0.2, 0.25) is 0 Å². The first-order valence-electron chi connectivity index (χ1n) is 5.80. The fourth-order valence-corrected chi connectivity index (χ4v) is 2.20. The van der Waals surface area contributed by atoms with Crippen LogP contribution in [0.15, 0.2) is 24.3 Å². The minimum Gasteiger partial charge on any atom is -0.381 e. The first-order valence-corrected chi connectivity index (χ1v) is 6.92. The summed E-state index contributed by atoms with van der Waals surface area (Å²) in [6, 6.07) is 7.64. The van der Waals surface area contributed by atoms with Gasteiger partial charge in [0.15, 0.2) is 0 Å². The molecule has 1 aromatic rings. The third-order valence-electron chi connectivity index (χ3n) is 2.95. The molecule has 1 amide bonds. The molecule has 0 saturated carbocycles. The van der Waals surface area contributed by atoms with E-state index >= 15 is 0 Å². The summed E-state index contributed by atoms with van der Waals surface area (Å²) < 4.78 is 5.27. The Balaban J connectivity index is 1.85. The number of amides is 1. The quantitative estimate of drug-likeness (QED) is 0.867. The summed E-state index contributed by atoms with van der Waals surface area (Å²) >= 11 is 3.38. The van der Waals surface area contributed by atoms with Gasteiger partial charge < -0.3 is 10.1 Å². The summed E-state index contributed by atoms with van der Waals surface area (Å²) in [7, 11) is 0. The predicted octanol–water partition coefficient (Wildman–Crippen LogP) is 2.35. The summed E-state index contributed by atoms with van der Waals surface area (Å²) in [5.74, 6) is 0.471. The van der Waals surface area contributed by atoms with Gasteiger partial charge in [-0.15, -0.1) is 0 Å². The van der Waals surface area contributed by atoms with Gasteiger partial charge in [-0.3, -0.25) is 4.79 Å². The molecule has 3 nitrogen and oxygen atoms in total. The summed E-state index contributed by atoms with van der Waals surface area (Å²) in [6.45, 7) is 2.29. The molecule has 0 aromatic heterocycles. The van der Waals surface area contributed by atoms with Gasteiger partial charge in [0.2, 0.25) is 0 Å². The van der Waals surface area contributed by atoms with E-state index < -0.39 is 0 Å². The zero-order valence-electron chi connectivity index (χ0n) is 9.62. The van der Waals surface area contributed by atoms with Crippen LogP contribution < -0.4 is 5.32 Å². The van der Waals surface area contributed by atoms with Crippen LogP contribution >= 0.6 is 15.9 Å². The predicted molar refractivity (Wildman–Crippen MR) is 70.3 cm³/mol. The maximum absolute atomic E-state index is 11.8. The number of hydrogen-bond donors (Lipinski definition) is 1. The maximum Gasteiger partial charge on any atom is 0.251 e. The average Bonchev–Trinajstić information content (AvgIpc) is 2.89. The molecule has 1 aliphatic rings. The molecule has 0 bridgehead atoms. The smallest absolute Gasteiger partial charge is 0.251 e. The van der Waals surface area contributed by atoms with Crippen molar-refractivity contribution < 1.29 is 9.53 Å². The van der Waals surface area contributed by atoms with Crippen LogP contribution in [0.5, 0.6) is 0 Å². The number of carbonyl (C=O) groups excluding carboxylic acids is 1. The molecule has 1 aromatic carbocycles. The molecule has 17 heavy (non-hydrogen) atoms. The second kappa shape index (κ2) is 6.17. The molecule has 1 N–H and O–H groups in total.